The molecule has 15 heavy (non-hydrogen) atoms. The van der Waals surface area contributed by atoms with Crippen LogP contribution in [0.5, 0.6) is 5.75 Å². The fourth-order valence-corrected chi connectivity index (χ4v) is 1.50. The van der Waals surface area contributed by atoms with Gasteiger partial charge in [-0.25, -0.2) is 8.78 Å². The summed E-state index contributed by atoms with van der Waals surface area (Å²) in [6.45, 7) is 1.17. The molecule has 0 saturated heterocycles. The molecule has 0 fully saturated rings. The van der Waals surface area contributed by atoms with E-state index in [9.17, 15) is 8.78 Å². The Morgan fingerprint density at radius 1 is 1.40 bits per heavy atom. The first-order chi connectivity index (χ1) is 7.00. The Morgan fingerprint density at radius 3 is 2.60 bits per heavy atom. The van der Waals surface area contributed by atoms with Crippen molar-refractivity contribution in [3.8, 4) is 5.75 Å². The lowest BCUT2D eigenvalue weighted by Gasteiger charge is -2.17. The maximum Gasteiger partial charge on any atom is 0.264 e. The molecule has 0 radical (unpaired) electrons. The van der Waals surface area contributed by atoms with Gasteiger partial charge in [-0.3, -0.25) is 0 Å². The van der Waals surface area contributed by atoms with E-state index in [2.05, 4.69) is 0 Å². The zero-order valence-electron chi connectivity index (χ0n) is 8.89. The molecule has 0 atom stereocenters. The minimum atomic E-state index is -2.87. The van der Waals surface area contributed by atoms with Crippen molar-refractivity contribution in [2.45, 2.75) is 19.3 Å². The van der Waals surface area contributed by atoms with Crippen molar-refractivity contribution in [2.24, 2.45) is 5.73 Å². The summed E-state index contributed by atoms with van der Waals surface area (Å²) in [6, 6.07) is 5.19. The molecule has 0 spiro atoms. The van der Waals surface area contributed by atoms with E-state index in [1.54, 1.807) is 12.1 Å². The zero-order valence-corrected chi connectivity index (χ0v) is 8.89. The van der Waals surface area contributed by atoms with Gasteiger partial charge in [0.1, 0.15) is 5.75 Å². The van der Waals surface area contributed by atoms with Gasteiger partial charge >= 0.3 is 0 Å². The molecule has 1 rings (SSSR count). The third kappa shape index (κ3) is 2.89. The summed E-state index contributed by atoms with van der Waals surface area (Å²) in [5.74, 6) is -2.35. The van der Waals surface area contributed by atoms with Gasteiger partial charge in [-0.2, -0.15) is 0 Å². The molecule has 2 nitrogen and oxygen atoms in total. The van der Waals surface area contributed by atoms with Crippen LogP contribution in [-0.2, 0) is 6.42 Å². The predicted molar refractivity (Wildman–Crippen MR) is 55.4 cm³/mol. The van der Waals surface area contributed by atoms with E-state index in [1.807, 2.05) is 13.0 Å². The molecule has 0 unspecified atom stereocenters. The first kappa shape index (κ1) is 11.9. The summed E-state index contributed by atoms with van der Waals surface area (Å²) in [5.41, 5.74) is 6.34. The van der Waals surface area contributed by atoms with Gasteiger partial charge in [-0.15, -0.1) is 0 Å². The molecule has 0 saturated carbocycles. The number of alkyl halides is 2. The maximum absolute atomic E-state index is 13.1. The Kier molecular flexibility index (Phi) is 3.63. The van der Waals surface area contributed by atoms with E-state index in [-0.39, 0.29) is 6.42 Å². The van der Waals surface area contributed by atoms with Crippen LogP contribution in [0, 0.1) is 6.92 Å². The highest BCUT2D eigenvalue weighted by Gasteiger charge is 2.28. The topological polar surface area (TPSA) is 35.2 Å². The normalized spacial score (nSPS) is 11.5. The Morgan fingerprint density at radius 2 is 2.07 bits per heavy atom. The van der Waals surface area contributed by atoms with Crippen LogP contribution in [0.25, 0.3) is 0 Å². The van der Waals surface area contributed by atoms with Crippen molar-refractivity contribution in [1.82, 2.24) is 0 Å². The van der Waals surface area contributed by atoms with Crippen LogP contribution in [0.1, 0.15) is 11.1 Å². The molecule has 0 bridgehead atoms. The first-order valence-electron chi connectivity index (χ1n) is 4.70. The average Bonchev–Trinajstić information content (AvgIpc) is 2.18. The number of hydrogen-bond donors (Lipinski definition) is 1. The van der Waals surface area contributed by atoms with Gasteiger partial charge in [0.15, 0.2) is 0 Å². The summed E-state index contributed by atoms with van der Waals surface area (Å²) in [7, 11) is 1.48. The van der Waals surface area contributed by atoms with Crippen molar-refractivity contribution >= 4 is 0 Å². The smallest absolute Gasteiger partial charge is 0.264 e. The lowest BCUT2D eigenvalue weighted by Crippen LogP contribution is -2.30. The molecule has 0 aliphatic heterocycles. The quantitative estimate of drug-likeness (QED) is 0.835. The minimum absolute atomic E-state index is 0.381. The molecule has 1 aromatic rings. The van der Waals surface area contributed by atoms with E-state index in [0.29, 0.717) is 11.3 Å². The van der Waals surface area contributed by atoms with Gasteiger partial charge in [0, 0.05) is 12.0 Å². The Bertz CT molecular complexity index is 339. The van der Waals surface area contributed by atoms with Crippen molar-refractivity contribution in [3.63, 3.8) is 0 Å². The number of nitrogens with two attached hydrogens (primary N) is 1. The summed E-state index contributed by atoms with van der Waals surface area (Å²) in [5, 5.41) is 0. The molecular weight excluding hydrogens is 200 g/mol. The van der Waals surface area contributed by atoms with E-state index in [4.69, 9.17) is 10.5 Å². The second-order valence-electron chi connectivity index (χ2n) is 3.50. The molecule has 1 aromatic carbocycles. The molecule has 0 aliphatic rings. The number of methoxy groups -OCH3 is 1. The van der Waals surface area contributed by atoms with Crippen LogP contribution in [0.4, 0.5) is 8.78 Å². The summed E-state index contributed by atoms with van der Waals surface area (Å²) in [4.78, 5) is 0. The van der Waals surface area contributed by atoms with Crippen LogP contribution in [0.3, 0.4) is 0 Å². The molecule has 84 valence electrons. The molecule has 0 aliphatic carbocycles. The number of benzene rings is 1. The lowest BCUT2D eigenvalue weighted by molar-refractivity contribution is 0.0109. The van der Waals surface area contributed by atoms with E-state index in [1.165, 1.54) is 7.11 Å². The minimum Gasteiger partial charge on any atom is -0.496 e. The second kappa shape index (κ2) is 4.57. The van der Waals surface area contributed by atoms with Crippen molar-refractivity contribution in [3.05, 3.63) is 29.3 Å². The third-order valence-electron chi connectivity index (χ3n) is 2.25. The van der Waals surface area contributed by atoms with Crippen LogP contribution in [0.15, 0.2) is 18.2 Å². The van der Waals surface area contributed by atoms with E-state index >= 15 is 0 Å². The standard InChI is InChI=1S/C11H15F2NO/c1-8-4-3-5-9(10(8)15-2)6-11(12,13)7-14/h3-5H,6-7,14H2,1-2H3. The molecule has 4 heteroatoms. The number of aryl methyl sites for hydroxylation is 1. The Hall–Kier alpha value is -1.16. The Balaban J connectivity index is 2.99. The van der Waals surface area contributed by atoms with Crippen molar-refractivity contribution < 1.29 is 13.5 Å². The summed E-state index contributed by atoms with van der Waals surface area (Å²) >= 11 is 0. The summed E-state index contributed by atoms with van der Waals surface area (Å²) in [6.07, 6.45) is -0.381. The van der Waals surface area contributed by atoms with Crippen LogP contribution < -0.4 is 10.5 Å². The SMILES string of the molecule is COc1c(C)cccc1CC(F)(F)CN. The zero-order chi connectivity index (χ0) is 11.5. The van der Waals surface area contributed by atoms with E-state index in [0.717, 1.165) is 5.56 Å². The molecule has 0 heterocycles. The lowest BCUT2D eigenvalue weighted by atomic mass is 10.0. The summed E-state index contributed by atoms with van der Waals surface area (Å²) < 4.78 is 31.3. The highest BCUT2D eigenvalue weighted by atomic mass is 19.3. The highest BCUT2D eigenvalue weighted by Crippen LogP contribution is 2.28. The molecule has 0 aromatic heterocycles. The molecule has 0 amide bonds. The average molecular weight is 215 g/mol. The highest BCUT2D eigenvalue weighted by molar-refractivity contribution is 5.41. The third-order valence-corrected chi connectivity index (χ3v) is 2.25. The number of rotatable bonds is 4. The van der Waals surface area contributed by atoms with Gasteiger partial charge in [-0.1, -0.05) is 18.2 Å². The van der Waals surface area contributed by atoms with Crippen LogP contribution >= 0.6 is 0 Å². The largest absolute Gasteiger partial charge is 0.496 e. The van der Waals surface area contributed by atoms with E-state index < -0.39 is 12.5 Å². The Labute approximate surface area is 88.0 Å². The first-order valence-corrected chi connectivity index (χ1v) is 4.70. The van der Waals surface area contributed by atoms with Crippen LogP contribution in [0.2, 0.25) is 0 Å². The fourth-order valence-electron chi connectivity index (χ4n) is 1.50. The number of halogens is 2. The number of para-hydroxylation sites is 1. The van der Waals surface area contributed by atoms with Gasteiger partial charge in [-0.05, 0) is 12.5 Å². The monoisotopic (exact) mass is 215 g/mol. The second-order valence-corrected chi connectivity index (χ2v) is 3.50. The molecular formula is C11H15F2NO. The van der Waals surface area contributed by atoms with Crippen molar-refractivity contribution in [2.75, 3.05) is 13.7 Å². The maximum atomic E-state index is 13.1. The van der Waals surface area contributed by atoms with Gasteiger partial charge in [0.2, 0.25) is 0 Å². The predicted octanol–water partition coefficient (Wildman–Crippen LogP) is 2.14. The van der Waals surface area contributed by atoms with Gasteiger partial charge in [0.05, 0.1) is 13.7 Å². The van der Waals surface area contributed by atoms with Crippen LogP contribution in [-0.4, -0.2) is 19.6 Å². The number of ether oxygens (including phenoxy) is 1. The van der Waals surface area contributed by atoms with Crippen molar-refractivity contribution in [1.29, 1.82) is 0 Å². The molecule has 2 N–H and O–H groups in total. The van der Waals surface area contributed by atoms with Gasteiger partial charge < -0.3 is 10.5 Å². The van der Waals surface area contributed by atoms with Gasteiger partial charge in [0.25, 0.3) is 5.92 Å². The number of hydrogen-bond acceptors (Lipinski definition) is 2. The fraction of sp³-hybridized carbons (Fsp3) is 0.455.